The van der Waals surface area contributed by atoms with E-state index in [9.17, 15) is 8.42 Å². The molecule has 0 atom stereocenters. The Labute approximate surface area is 140 Å². The van der Waals surface area contributed by atoms with Crippen LogP contribution in [0, 0.1) is 20.8 Å². The highest BCUT2D eigenvalue weighted by Gasteiger charge is 2.16. The zero-order valence-corrected chi connectivity index (χ0v) is 14.4. The van der Waals surface area contributed by atoms with Gasteiger partial charge in [0.05, 0.1) is 4.90 Å². The van der Waals surface area contributed by atoms with Crippen molar-refractivity contribution in [1.82, 2.24) is 10.1 Å². The van der Waals surface area contributed by atoms with Crippen molar-refractivity contribution in [2.45, 2.75) is 25.7 Å². The monoisotopic (exact) mass is 343 g/mol. The van der Waals surface area contributed by atoms with Crippen molar-refractivity contribution in [3.05, 3.63) is 59.4 Å². The summed E-state index contributed by atoms with van der Waals surface area (Å²) in [4.78, 5) is 4.37. The number of nitrogens with zero attached hydrogens (tertiary/aromatic N) is 2. The lowest BCUT2D eigenvalue weighted by molar-refractivity contribution is 0.425. The van der Waals surface area contributed by atoms with E-state index in [1.165, 1.54) is 0 Å². The summed E-state index contributed by atoms with van der Waals surface area (Å²) in [6.45, 7) is 5.54. The molecule has 1 heterocycles. The predicted octanol–water partition coefficient (Wildman–Crippen LogP) is 3.46. The molecule has 3 aromatic rings. The van der Waals surface area contributed by atoms with Crippen molar-refractivity contribution in [3.8, 4) is 11.5 Å². The Balaban J connectivity index is 1.91. The Kier molecular flexibility index (Phi) is 4.11. The van der Waals surface area contributed by atoms with Crippen molar-refractivity contribution < 1.29 is 12.9 Å². The first-order valence-electron chi connectivity index (χ1n) is 7.36. The average Bonchev–Trinajstić information content (AvgIpc) is 2.96. The summed E-state index contributed by atoms with van der Waals surface area (Å²) >= 11 is 0. The summed E-state index contributed by atoms with van der Waals surface area (Å²) in [7, 11) is -3.66. The lowest BCUT2D eigenvalue weighted by Gasteiger charge is -2.10. The molecule has 6 nitrogen and oxygen atoms in total. The molecule has 0 saturated heterocycles. The maximum absolute atomic E-state index is 12.6. The number of rotatable bonds is 4. The van der Waals surface area contributed by atoms with Gasteiger partial charge in [0.15, 0.2) is 5.82 Å². The molecule has 3 rings (SSSR count). The zero-order valence-electron chi connectivity index (χ0n) is 13.6. The van der Waals surface area contributed by atoms with Gasteiger partial charge >= 0.3 is 0 Å². The second kappa shape index (κ2) is 6.09. The highest BCUT2D eigenvalue weighted by atomic mass is 32.2. The van der Waals surface area contributed by atoms with E-state index in [-0.39, 0.29) is 4.90 Å². The molecule has 124 valence electrons. The summed E-state index contributed by atoms with van der Waals surface area (Å²) in [6.07, 6.45) is 0. The van der Waals surface area contributed by atoms with E-state index in [1.807, 2.05) is 13.8 Å². The van der Waals surface area contributed by atoms with Crippen LogP contribution >= 0.6 is 0 Å². The molecule has 0 radical (unpaired) electrons. The molecule has 0 unspecified atom stereocenters. The number of aromatic nitrogens is 2. The van der Waals surface area contributed by atoms with E-state index >= 15 is 0 Å². The fourth-order valence-corrected chi connectivity index (χ4v) is 3.36. The number of hydrogen-bond acceptors (Lipinski definition) is 5. The van der Waals surface area contributed by atoms with E-state index in [1.54, 1.807) is 49.4 Å². The number of benzene rings is 2. The van der Waals surface area contributed by atoms with Gasteiger partial charge in [-0.1, -0.05) is 17.3 Å². The summed E-state index contributed by atoms with van der Waals surface area (Å²) < 4.78 is 32.8. The normalized spacial score (nSPS) is 11.5. The Morgan fingerprint density at radius 2 is 1.79 bits per heavy atom. The van der Waals surface area contributed by atoms with Gasteiger partial charge in [-0.25, -0.2) is 8.42 Å². The molecule has 24 heavy (non-hydrogen) atoms. The minimum Gasteiger partial charge on any atom is -0.334 e. The molecular weight excluding hydrogens is 326 g/mol. The van der Waals surface area contributed by atoms with Gasteiger partial charge in [0.25, 0.3) is 15.9 Å². The minimum absolute atomic E-state index is 0.227. The fourth-order valence-electron chi connectivity index (χ4n) is 2.23. The molecule has 0 bridgehead atoms. The predicted molar refractivity (Wildman–Crippen MR) is 91.2 cm³/mol. The quantitative estimate of drug-likeness (QED) is 0.784. The average molecular weight is 343 g/mol. The maximum Gasteiger partial charge on any atom is 0.261 e. The third kappa shape index (κ3) is 3.30. The molecule has 0 aliphatic carbocycles. The molecule has 1 aromatic heterocycles. The Hall–Kier alpha value is -2.67. The number of hydrogen-bond donors (Lipinski definition) is 1. The van der Waals surface area contributed by atoms with Crippen LogP contribution in [0.2, 0.25) is 0 Å². The molecule has 0 spiro atoms. The highest BCUT2D eigenvalue weighted by Crippen LogP contribution is 2.23. The largest absolute Gasteiger partial charge is 0.334 e. The van der Waals surface area contributed by atoms with E-state index in [0.29, 0.717) is 23.0 Å². The maximum atomic E-state index is 12.6. The first kappa shape index (κ1) is 16.2. The Morgan fingerprint density at radius 3 is 2.46 bits per heavy atom. The molecule has 0 aliphatic rings. The summed E-state index contributed by atoms with van der Waals surface area (Å²) in [5.41, 5.74) is 3.05. The lowest BCUT2D eigenvalue weighted by atomic mass is 10.1. The molecule has 2 aromatic carbocycles. The molecule has 0 saturated carbocycles. The van der Waals surface area contributed by atoms with Crippen molar-refractivity contribution >= 4 is 15.7 Å². The zero-order chi connectivity index (χ0) is 17.3. The second-order valence-corrected chi connectivity index (χ2v) is 7.26. The van der Waals surface area contributed by atoms with Crippen LogP contribution < -0.4 is 4.72 Å². The van der Waals surface area contributed by atoms with Crippen LogP contribution in [0.1, 0.15) is 17.0 Å². The number of sulfonamides is 1. The third-order valence-corrected chi connectivity index (χ3v) is 5.06. The van der Waals surface area contributed by atoms with Crippen LogP contribution in [0.25, 0.3) is 11.5 Å². The second-order valence-electron chi connectivity index (χ2n) is 5.58. The molecule has 0 amide bonds. The molecule has 7 heteroatoms. The number of anilines is 1. The smallest absolute Gasteiger partial charge is 0.261 e. The third-order valence-electron chi connectivity index (χ3n) is 3.68. The van der Waals surface area contributed by atoms with Gasteiger partial charge in [0.2, 0.25) is 0 Å². The number of aryl methyl sites for hydroxylation is 3. The summed E-state index contributed by atoms with van der Waals surface area (Å²) in [6, 6.07) is 11.9. The molecule has 1 N–H and O–H groups in total. The SMILES string of the molecule is Cc1noc(-c2cccc(NS(=O)(=O)c3ccc(C)c(C)c3)c2)n1. The Bertz CT molecular complexity index is 994. The van der Waals surface area contributed by atoms with Crippen molar-refractivity contribution in [2.75, 3.05) is 4.72 Å². The highest BCUT2D eigenvalue weighted by molar-refractivity contribution is 7.92. The van der Waals surface area contributed by atoms with E-state index in [4.69, 9.17) is 4.52 Å². The van der Waals surface area contributed by atoms with E-state index < -0.39 is 10.0 Å². The van der Waals surface area contributed by atoms with Crippen LogP contribution in [-0.4, -0.2) is 18.6 Å². The van der Waals surface area contributed by atoms with Crippen LogP contribution in [0.4, 0.5) is 5.69 Å². The first-order chi connectivity index (χ1) is 11.3. The minimum atomic E-state index is -3.66. The van der Waals surface area contributed by atoms with Crippen LogP contribution in [0.15, 0.2) is 51.9 Å². The van der Waals surface area contributed by atoms with Crippen molar-refractivity contribution in [2.24, 2.45) is 0 Å². The van der Waals surface area contributed by atoms with E-state index in [0.717, 1.165) is 11.1 Å². The van der Waals surface area contributed by atoms with Gasteiger partial charge in [-0.15, -0.1) is 0 Å². The van der Waals surface area contributed by atoms with Crippen LogP contribution in [0.3, 0.4) is 0 Å². The van der Waals surface area contributed by atoms with Gasteiger partial charge in [-0.2, -0.15) is 4.98 Å². The van der Waals surface area contributed by atoms with Gasteiger partial charge in [0.1, 0.15) is 0 Å². The molecule has 0 fully saturated rings. The van der Waals surface area contributed by atoms with Gasteiger partial charge < -0.3 is 4.52 Å². The number of nitrogens with one attached hydrogen (secondary N) is 1. The van der Waals surface area contributed by atoms with Gasteiger partial charge in [-0.3, -0.25) is 4.72 Å². The first-order valence-corrected chi connectivity index (χ1v) is 8.84. The molecular formula is C17H17N3O3S. The van der Waals surface area contributed by atoms with Crippen molar-refractivity contribution in [1.29, 1.82) is 0 Å². The lowest BCUT2D eigenvalue weighted by Crippen LogP contribution is -2.13. The molecule has 0 aliphatic heterocycles. The van der Waals surface area contributed by atoms with Gasteiger partial charge in [0, 0.05) is 11.3 Å². The standard InChI is InChI=1S/C17H17N3O3S/c1-11-7-8-16(9-12(11)2)24(21,22)20-15-6-4-5-14(10-15)17-18-13(3)19-23-17/h4-10,20H,1-3H3. The fraction of sp³-hybridized carbons (Fsp3) is 0.176. The topological polar surface area (TPSA) is 85.1 Å². The summed E-state index contributed by atoms with van der Waals surface area (Å²) in [5.74, 6) is 0.867. The summed E-state index contributed by atoms with van der Waals surface area (Å²) in [5, 5.41) is 3.74. The van der Waals surface area contributed by atoms with Gasteiger partial charge in [-0.05, 0) is 62.2 Å². The Morgan fingerprint density at radius 1 is 1.00 bits per heavy atom. The van der Waals surface area contributed by atoms with Crippen LogP contribution in [-0.2, 0) is 10.0 Å². The van der Waals surface area contributed by atoms with Crippen molar-refractivity contribution in [3.63, 3.8) is 0 Å². The van der Waals surface area contributed by atoms with Crippen LogP contribution in [0.5, 0.6) is 0 Å². The van der Waals surface area contributed by atoms with E-state index in [2.05, 4.69) is 14.9 Å².